The fourth-order valence-electron chi connectivity index (χ4n) is 2.31. The van der Waals surface area contributed by atoms with Gasteiger partial charge in [0.15, 0.2) is 5.11 Å². The van der Waals surface area contributed by atoms with E-state index in [1.807, 2.05) is 54.6 Å². The summed E-state index contributed by atoms with van der Waals surface area (Å²) in [6, 6.07) is 17.5. The third kappa shape index (κ3) is 6.93. The first-order chi connectivity index (χ1) is 12.2. The van der Waals surface area contributed by atoms with Gasteiger partial charge in [-0.3, -0.25) is 4.79 Å². The first-order valence-corrected chi connectivity index (χ1v) is 8.96. The van der Waals surface area contributed by atoms with E-state index in [0.29, 0.717) is 18.8 Å². The van der Waals surface area contributed by atoms with Crippen LogP contribution in [0.15, 0.2) is 54.6 Å². The van der Waals surface area contributed by atoms with Crippen LogP contribution in [0.3, 0.4) is 0 Å². The van der Waals surface area contributed by atoms with Crippen LogP contribution in [0.5, 0.6) is 5.75 Å². The third-order valence-electron chi connectivity index (χ3n) is 3.63. The SMILES string of the molecule is CCCCCC(=O)NC(=S)Nc1ccccc1OCc1ccccc1. The number of benzene rings is 2. The van der Waals surface area contributed by atoms with Gasteiger partial charge in [-0.1, -0.05) is 62.2 Å². The molecule has 0 saturated heterocycles. The molecule has 132 valence electrons. The molecule has 0 heterocycles. The van der Waals surface area contributed by atoms with Crippen molar-refractivity contribution in [1.29, 1.82) is 0 Å². The Morgan fingerprint density at radius 1 is 1.04 bits per heavy atom. The summed E-state index contributed by atoms with van der Waals surface area (Å²) in [7, 11) is 0. The molecule has 2 rings (SSSR count). The standard InChI is InChI=1S/C20H24N2O2S/c1-2-3-5-14-19(23)22-20(25)21-17-12-8-9-13-18(17)24-15-16-10-6-4-7-11-16/h4,6-13H,2-3,5,14-15H2,1H3,(H2,21,22,23,25). The summed E-state index contributed by atoms with van der Waals surface area (Å²) in [5.74, 6) is 0.627. The molecule has 0 radical (unpaired) electrons. The fourth-order valence-corrected chi connectivity index (χ4v) is 2.53. The molecule has 1 amide bonds. The van der Waals surface area contributed by atoms with Gasteiger partial charge in [-0.2, -0.15) is 0 Å². The molecule has 5 heteroatoms. The molecule has 25 heavy (non-hydrogen) atoms. The molecule has 0 atom stereocenters. The van der Waals surface area contributed by atoms with E-state index in [4.69, 9.17) is 17.0 Å². The lowest BCUT2D eigenvalue weighted by Gasteiger charge is -2.14. The van der Waals surface area contributed by atoms with Gasteiger partial charge in [0.05, 0.1) is 5.69 Å². The van der Waals surface area contributed by atoms with Crippen LogP contribution in [0.1, 0.15) is 38.2 Å². The Kier molecular flexibility index (Phi) is 7.92. The predicted molar refractivity (Wildman–Crippen MR) is 106 cm³/mol. The molecule has 0 fully saturated rings. The van der Waals surface area contributed by atoms with E-state index in [0.717, 1.165) is 30.5 Å². The fraction of sp³-hybridized carbons (Fsp3) is 0.300. The minimum absolute atomic E-state index is 0.0614. The van der Waals surface area contributed by atoms with Gasteiger partial charge in [0.2, 0.25) is 5.91 Å². The molecule has 2 aromatic rings. The van der Waals surface area contributed by atoms with Gasteiger partial charge in [-0.15, -0.1) is 0 Å². The average molecular weight is 356 g/mol. The van der Waals surface area contributed by atoms with Crippen LogP contribution < -0.4 is 15.4 Å². The van der Waals surface area contributed by atoms with Crippen LogP contribution in [-0.2, 0) is 11.4 Å². The molecule has 0 saturated carbocycles. The van der Waals surface area contributed by atoms with Crippen molar-refractivity contribution in [2.24, 2.45) is 0 Å². The summed E-state index contributed by atoms with van der Waals surface area (Å²) in [5, 5.41) is 6.05. The molecule has 0 aliphatic rings. The van der Waals surface area contributed by atoms with Crippen LogP contribution >= 0.6 is 12.2 Å². The third-order valence-corrected chi connectivity index (χ3v) is 3.84. The van der Waals surface area contributed by atoms with Gasteiger partial charge in [-0.05, 0) is 36.3 Å². The van der Waals surface area contributed by atoms with E-state index in [1.165, 1.54) is 0 Å². The first kappa shape index (κ1) is 18.9. The van der Waals surface area contributed by atoms with E-state index >= 15 is 0 Å². The van der Waals surface area contributed by atoms with E-state index in [2.05, 4.69) is 17.6 Å². The maximum Gasteiger partial charge on any atom is 0.226 e. The molecular weight excluding hydrogens is 332 g/mol. The zero-order valence-electron chi connectivity index (χ0n) is 14.5. The molecule has 0 spiro atoms. The molecule has 0 aliphatic heterocycles. The zero-order chi connectivity index (χ0) is 17.9. The second-order valence-electron chi connectivity index (χ2n) is 5.73. The van der Waals surface area contributed by atoms with Crippen molar-refractivity contribution in [3.63, 3.8) is 0 Å². The molecule has 2 N–H and O–H groups in total. The van der Waals surface area contributed by atoms with Crippen molar-refractivity contribution in [1.82, 2.24) is 5.32 Å². The van der Waals surface area contributed by atoms with Gasteiger partial charge in [0.25, 0.3) is 0 Å². The number of thiocarbonyl (C=S) groups is 1. The second kappa shape index (κ2) is 10.5. The predicted octanol–water partition coefficient (Wildman–Crippen LogP) is 4.66. The van der Waals surface area contributed by atoms with Crippen LogP contribution in [0.2, 0.25) is 0 Å². The summed E-state index contributed by atoms with van der Waals surface area (Å²) in [6.45, 7) is 2.58. The number of amides is 1. The molecule has 0 aliphatic carbocycles. The molecule has 4 nitrogen and oxygen atoms in total. The Morgan fingerprint density at radius 3 is 2.52 bits per heavy atom. The van der Waals surface area contributed by atoms with Crippen LogP contribution in [-0.4, -0.2) is 11.0 Å². The monoisotopic (exact) mass is 356 g/mol. The van der Waals surface area contributed by atoms with E-state index in [-0.39, 0.29) is 11.0 Å². The Morgan fingerprint density at radius 2 is 1.76 bits per heavy atom. The quantitative estimate of drug-likeness (QED) is 0.533. The lowest BCUT2D eigenvalue weighted by Crippen LogP contribution is -2.34. The van der Waals surface area contributed by atoms with E-state index in [1.54, 1.807) is 0 Å². The smallest absolute Gasteiger partial charge is 0.226 e. The average Bonchev–Trinajstić information content (AvgIpc) is 2.62. The minimum Gasteiger partial charge on any atom is -0.487 e. The Labute approximate surface area is 154 Å². The number of rotatable bonds is 8. The van der Waals surface area contributed by atoms with Crippen molar-refractivity contribution in [3.8, 4) is 5.75 Å². The van der Waals surface area contributed by atoms with Crippen molar-refractivity contribution in [3.05, 3.63) is 60.2 Å². The highest BCUT2D eigenvalue weighted by atomic mass is 32.1. The number of unbranched alkanes of at least 4 members (excludes halogenated alkanes) is 2. The largest absolute Gasteiger partial charge is 0.487 e. The molecule has 2 aromatic carbocycles. The maximum atomic E-state index is 11.8. The Hall–Kier alpha value is -2.40. The highest BCUT2D eigenvalue weighted by Gasteiger charge is 2.08. The maximum absolute atomic E-state index is 11.8. The number of hydrogen-bond acceptors (Lipinski definition) is 3. The van der Waals surface area contributed by atoms with E-state index in [9.17, 15) is 4.79 Å². The number of carbonyl (C=O) groups excluding carboxylic acids is 1. The Bertz CT molecular complexity index is 689. The van der Waals surface area contributed by atoms with Crippen LogP contribution in [0, 0.1) is 0 Å². The van der Waals surface area contributed by atoms with Gasteiger partial charge in [0.1, 0.15) is 12.4 Å². The first-order valence-electron chi connectivity index (χ1n) is 8.55. The zero-order valence-corrected chi connectivity index (χ0v) is 15.3. The van der Waals surface area contributed by atoms with Crippen molar-refractivity contribution in [2.75, 3.05) is 5.32 Å². The highest BCUT2D eigenvalue weighted by Crippen LogP contribution is 2.24. The van der Waals surface area contributed by atoms with E-state index < -0.39 is 0 Å². The van der Waals surface area contributed by atoms with Crippen LogP contribution in [0.4, 0.5) is 5.69 Å². The van der Waals surface area contributed by atoms with Crippen molar-refractivity contribution < 1.29 is 9.53 Å². The topological polar surface area (TPSA) is 50.4 Å². The molecule has 0 unspecified atom stereocenters. The normalized spacial score (nSPS) is 10.1. The summed E-state index contributed by atoms with van der Waals surface area (Å²) in [6.07, 6.45) is 3.50. The molecule has 0 aromatic heterocycles. The molecule has 0 bridgehead atoms. The number of ether oxygens (including phenoxy) is 1. The second-order valence-corrected chi connectivity index (χ2v) is 6.14. The van der Waals surface area contributed by atoms with Gasteiger partial charge in [0, 0.05) is 6.42 Å². The summed E-state index contributed by atoms with van der Waals surface area (Å²) in [4.78, 5) is 11.8. The summed E-state index contributed by atoms with van der Waals surface area (Å²) >= 11 is 5.23. The van der Waals surface area contributed by atoms with Crippen molar-refractivity contribution >= 4 is 28.9 Å². The number of anilines is 1. The number of carbonyl (C=O) groups is 1. The minimum atomic E-state index is -0.0614. The highest BCUT2D eigenvalue weighted by molar-refractivity contribution is 7.80. The molecular formula is C20H24N2O2S. The van der Waals surface area contributed by atoms with Gasteiger partial charge >= 0.3 is 0 Å². The summed E-state index contributed by atoms with van der Waals surface area (Å²) in [5.41, 5.74) is 1.82. The van der Waals surface area contributed by atoms with Gasteiger partial charge in [-0.25, -0.2) is 0 Å². The van der Waals surface area contributed by atoms with Crippen molar-refractivity contribution in [2.45, 2.75) is 39.2 Å². The summed E-state index contributed by atoms with van der Waals surface area (Å²) < 4.78 is 5.87. The Balaban J connectivity index is 1.89. The lowest BCUT2D eigenvalue weighted by molar-refractivity contribution is -0.119. The van der Waals surface area contributed by atoms with Gasteiger partial charge < -0.3 is 15.4 Å². The number of hydrogen-bond donors (Lipinski definition) is 2. The number of nitrogens with one attached hydrogen (secondary N) is 2. The lowest BCUT2D eigenvalue weighted by atomic mass is 10.2. The number of para-hydroxylation sites is 2. The van der Waals surface area contributed by atoms with Crippen LogP contribution in [0.25, 0.3) is 0 Å².